The Balaban J connectivity index is 4.01. The molecular weight excluding hydrogens is 272 g/mol. The topological polar surface area (TPSA) is 0 Å². The first kappa shape index (κ1) is 21.4. The standard InChI is InChI=1S/C20H42S/c1-6-8-10-12-14-16-20(5,21-18-19(3)4)17-15-13-11-9-7-2/h19H,6-18H2,1-5H3. The highest BCUT2D eigenvalue weighted by Crippen LogP contribution is 2.37. The quantitative estimate of drug-likeness (QED) is 0.277. The molecule has 0 aromatic rings. The summed E-state index contributed by atoms with van der Waals surface area (Å²) in [6.07, 6.45) is 17.1. The van der Waals surface area contributed by atoms with Gasteiger partial charge in [0.05, 0.1) is 0 Å². The Kier molecular flexibility index (Phi) is 14.2. The molecule has 0 saturated carbocycles. The van der Waals surface area contributed by atoms with Gasteiger partial charge >= 0.3 is 0 Å². The van der Waals surface area contributed by atoms with Gasteiger partial charge in [-0.1, -0.05) is 98.8 Å². The zero-order valence-corrected chi connectivity index (χ0v) is 16.5. The Morgan fingerprint density at radius 2 is 1.14 bits per heavy atom. The fourth-order valence-electron chi connectivity index (χ4n) is 2.84. The zero-order valence-electron chi connectivity index (χ0n) is 15.7. The van der Waals surface area contributed by atoms with Crippen LogP contribution in [0.25, 0.3) is 0 Å². The van der Waals surface area contributed by atoms with E-state index in [9.17, 15) is 0 Å². The van der Waals surface area contributed by atoms with Gasteiger partial charge in [0, 0.05) is 4.75 Å². The fourth-order valence-corrected chi connectivity index (χ4v) is 4.16. The van der Waals surface area contributed by atoms with Crippen molar-refractivity contribution in [3.63, 3.8) is 0 Å². The summed E-state index contributed by atoms with van der Waals surface area (Å²) in [6.45, 7) is 11.9. The van der Waals surface area contributed by atoms with Crippen LogP contribution in [0.3, 0.4) is 0 Å². The number of hydrogen-bond donors (Lipinski definition) is 0. The lowest BCUT2D eigenvalue weighted by atomic mass is 9.95. The van der Waals surface area contributed by atoms with Crippen molar-refractivity contribution in [2.24, 2.45) is 5.92 Å². The van der Waals surface area contributed by atoms with E-state index in [4.69, 9.17) is 0 Å². The van der Waals surface area contributed by atoms with Crippen LogP contribution < -0.4 is 0 Å². The summed E-state index contributed by atoms with van der Waals surface area (Å²) in [7, 11) is 0. The fraction of sp³-hybridized carbons (Fsp3) is 1.00. The second-order valence-electron chi connectivity index (χ2n) is 7.48. The van der Waals surface area contributed by atoms with Gasteiger partial charge in [-0.15, -0.1) is 0 Å². The molecule has 0 heterocycles. The summed E-state index contributed by atoms with van der Waals surface area (Å²) in [5.41, 5.74) is 0. The van der Waals surface area contributed by atoms with Gasteiger partial charge in [0.15, 0.2) is 0 Å². The predicted molar refractivity (Wildman–Crippen MR) is 102 cm³/mol. The van der Waals surface area contributed by atoms with Crippen LogP contribution in [0.15, 0.2) is 0 Å². The van der Waals surface area contributed by atoms with Crippen molar-refractivity contribution in [2.45, 2.75) is 116 Å². The van der Waals surface area contributed by atoms with Crippen LogP contribution >= 0.6 is 11.8 Å². The van der Waals surface area contributed by atoms with Crippen LogP contribution in [-0.4, -0.2) is 10.5 Å². The van der Waals surface area contributed by atoms with E-state index >= 15 is 0 Å². The van der Waals surface area contributed by atoms with Gasteiger partial charge < -0.3 is 0 Å². The van der Waals surface area contributed by atoms with E-state index in [1.54, 1.807) is 0 Å². The van der Waals surface area contributed by atoms with Crippen molar-refractivity contribution in [3.05, 3.63) is 0 Å². The molecule has 1 heteroatoms. The molecule has 0 aromatic carbocycles. The third-order valence-electron chi connectivity index (χ3n) is 4.38. The predicted octanol–water partition coefficient (Wildman–Crippen LogP) is 7.86. The van der Waals surface area contributed by atoms with E-state index < -0.39 is 0 Å². The Hall–Kier alpha value is 0.350. The minimum Gasteiger partial charge on any atom is -0.155 e. The van der Waals surface area contributed by atoms with Crippen molar-refractivity contribution in [3.8, 4) is 0 Å². The van der Waals surface area contributed by atoms with Crippen molar-refractivity contribution in [2.75, 3.05) is 5.75 Å². The van der Waals surface area contributed by atoms with Crippen LogP contribution in [0, 0.1) is 5.92 Å². The number of rotatable bonds is 15. The molecule has 0 fully saturated rings. The molecule has 0 radical (unpaired) electrons. The van der Waals surface area contributed by atoms with Crippen molar-refractivity contribution in [1.82, 2.24) is 0 Å². The van der Waals surface area contributed by atoms with Gasteiger partial charge in [0.25, 0.3) is 0 Å². The molecule has 0 aliphatic carbocycles. The monoisotopic (exact) mass is 314 g/mol. The van der Waals surface area contributed by atoms with Crippen molar-refractivity contribution < 1.29 is 0 Å². The van der Waals surface area contributed by atoms with Crippen LogP contribution in [0.4, 0.5) is 0 Å². The zero-order chi connectivity index (χ0) is 16.0. The highest BCUT2D eigenvalue weighted by atomic mass is 32.2. The normalized spacial score (nSPS) is 12.3. The van der Waals surface area contributed by atoms with Crippen molar-refractivity contribution >= 4 is 11.8 Å². The van der Waals surface area contributed by atoms with Crippen LogP contribution in [0.1, 0.15) is 112 Å². The molecule has 0 saturated heterocycles. The molecule has 0 unspecified atom stereocenters. The van der Waals surface area contributed by atoms with Crippen molar-refractivity contribution in [1.29, 1.82) is 0 Å². The smallest absolute Gasteiger partial charge is 0.0132 e. The second-order valence-corrected chi connectivity index (χ2v) is 9.09. The highest BCUT2D eigenvalue weighted by molar-refractivity contribution is 8.00. The van der Waals surface area contributed by atoms with E-state index in [0.29, 0.717) is 4.75 Å². The number of thioether (sulfide) groups is 1. The molecular formula is C20H42S. The Labute approximate surface area is 140 Å². The van der Waals surface area contributed by atoms with Gasteiger partial charge in [-0.2, -0.15) is 11.8 Å². The van der Waals surface area contributed by atoms with E-state index in [1.165, 1.54) is 82.8 Å². The lowest BCUT2D eigenvalue weighted by Gasteiger charge is -2.30. The average Bonchev–Trinajstić information content (AvgIpc) is 2.45. The maximum atomic E-state index is 2.54. The summed E-state index contributed by atoms with van der Waals surface area (Å²) >= 11 is 2.26. The number of unbranched alkanes of at least 4 members (excludes halogenated alkanes) is 8. The average molecular weight is 315 g/mol. The van der Waals surface area contributed by atoms with Gasteiger partial charge in [-0.05, 0) is 24.5 Å². The Morgan fingerprint density at radius 3 is 1.52 bits per heavy atom. The molecule has 0 aliphatic heterocycles. The molecule has 0 rings (SSSR count). The van der Waals surface area contributed by atoms with Crippen LogP contribution in [-0.2, 0) is 0 Å². The third-order valence-corrected chi connectivity index (χ3v) is 6.32. The summed E-state index contributed by atoms with van der Waals surface area (Å²) < 4.78 is 0.544. The highest BCUT2D eigenvalue weighted by Gasteiger charge is 2.24. The lowest BCUT2D eigenvalue weighted by molar-refractivity contribution is 0.468. The molecule has 0 aromatic heterocycles. The molecule has 0 nitrogen and oxygen atoms in total. The first-order valence-corrected chi connectivity index (χ1v) is 10.7. The van der Waals surface area contributed by atoms with E-state index in [1.807, 2.05) is 0 Å². The Morgan fingerprint density at radius 1 is 0.714 bits per heavy atom. The third kappa shape index (κ3) is 13.7. The molecule has 0 bridgehead atoms. The molecule has 21 heavy (non-hydrogen) atoms. The molecule has 0 spiro atoms. The first-order chi connectivity index (χ1) is 10.0. The Bertz CT molecular complexity index is 196. The number of hydrogen-bond acceptors (Lipinski definition) is 1. The maximum Gasteiger partial charge on any atom is 0.0132 e. The van der Waals surface area contributed by atoms with E-state index in [0.717, 1.165) is 5.92 Å². The molecule has 0 aliphatic rings. The summed E-state index contributed by atoms with van der Waals surface area (Å²) in [6, 6.07) is 0. The van der Waals surface area contributed by atoms with Gasteiger partial charge in [-0.25, -0.2) is 0 Å². The SMILES string of the molecule is CCCCCCCC(C)(CCCCCCC)SCC(C)C. The maximum absolute atomic E-state index is 2.54. The summed E-state index contributed by atoms with van der Waals surface area (Å²) in [5.74, 6) is 2.16. The van der Waals surface area contributed by atoms with E-state index in [2.05, 4.69) is 46.4 Å². The molecule has 128 valence electrons. The van der Waals surface area contributed by atoms with Gasteiger partial charge in [-0.3, -0.25) is 0 Å². The van der Waals surface area contributed by atoms with Crippen LogP contribution in [0.2, 0.25) is 0 Å². The lowest BCUT2D eigenvalue weighted by Crippen LogP contribution is -2.21. The van der Waals surface area contributed by atoms with Gasteiger partial charge in [0.1, 0.15) is 0 Å². The minimum absolute atomic E-state index is 0.544. The van der Waals surface area contributed by atoms with Gasteiger partial charge in [0.2, 0.25) is 0 Å². The largest absolute Gasteiger partial charge is 0.155 e. The minimum atomic E-state index is 0.544. The van der Waals surface area contributed by atoms with Crippen LogP contribution in [0.5, 0.6) is 0 Å². The van der Waals surface area contributed by atoms with E-state index in [-0.39, 0.29) is 0 Å². The summed E-state index contributed by atoms with van der Waals surface area (Å²) in [5, 5.41) is 0. The second kappa shape index (κ2) is 14.0. The molecule has 0 amide bonds. The molecule has 0 N–H and O–H groups in total. The first-order valence-electron chi connectivity index (χ1n) is 9.68. The summed E-state index contributed by atoms with van der Waals surface area (Å²) in [4.78, 5) is 0. The molecule has 0 atom stereocenters.